The van der Waals surface area contributed by atoms with Crippen molar-refractivity contribution in [1.82, 2.24) is 0 Å². The van der Waals surface area contributed by atoms with Crippen molar-refractivity contribution in [3.8, 4) is 0 Å². The van der Waals surface area contributed by atoms with E-state index in [9.17, 15) is 0 Å². The Hall–Kier alpha value is -0.980. The van der Waals surface area contributed by atoms with E-state index in [-0.39, 0.29) is 0 Å². The summed E-state index contributed by atoms with van der Waals surface area (Å²) in [6.45, 7) is 16.7. The van der Waals surface area contributed by atoms with Crippen LogP contribution in [-0.2, 0) is 0 Å². The zero-order valence-electron chi connectivity index (χ0n) is 14.9. The lowest BCUT2D eigenvalue weighted by Gasteiger charge is -2.66. The van der Waals surface area contributed by atoms with Crippen LogP contribution in [-0.4, -0.2) is 11.6 Å². The van der Waals surface area contributed by atoms with Crippen LogP contribution in [0.4, 0.5) is 5.69 Å². The number of fused-ring (bicyclic) bond motifs is 3. The van der Waals surface area contributed by atoms with E-state index in [1.807, 2.05) is 0 Å². The van der Waals surface area contributed by atoms with Crippen LogP contribution in [0.5, 0.6) is 0 Å². The van der Waals surface area contributed by atoms with Crippen molar-refractivity contribution in [2.24, 2.45) is 11.3 Å². The van der Waals surface area contributed by atoms with Crippen LogP contribution in [0.1, 0.15) is 63.6 Å². The highest BCUT2D eigenvalue weighted by molar-refractivity contribution is 5.61. The third-order valence-corrected chi connectivity index (χ3v) is 7.04. The molecule has 0 radical (unpaired) electrons. The van der Waals surface area contributed by atoms with Crippen LogP contribution in [0.3, 0.4) is 0 Å². The summed E-state index contributed by atoms with van der Waals surface area (Å²) in [7, 11) is 0. The quantitative estimate of drug-likeness (QED) is 0.667. The van der Waals surface area contributed by atoms with Gasteiger partial charge in [0.05, 0.1) is 0 Å². The van der Waals surface area contributed by atoms with Crippen molar-refractivity contribution in [1.29, 1.82) is 0 Å². The Labute approximate surface area is 130 Å². The lowest BCUT2D eigenvalue weighted by atomic mass is 9.54. The molecule has 3 unspecified atom stereocenters. The smallest absolute Gasteiger partial charge is 0.0408 e. The number of nitrogens with zero attached hydrogens (tertiary/aromatic N) is 1. The fourth-order valence-electron chi connectivity index (χ4n) is 5.15. The number of rotatable bonds is 1. The monoisotopic (exact) mass is 285 g/mol. The molecule has 4 rings (SSSR count). The maximum atomic E-state index is 2.78. The van der Waals surface area contributed by atoms with Gasteiger partial charge in [-0.1, -0.05) is 19.9 Å². The Morgan fingerprint density at radius 1 is 1.05 bits per heavy atom. The van der Waals surface area contributed by atoms with Crippen LogP contribution in [0.2, 0.25) is 0 Å². The second-order valence-electron chi connectivity index (χ2n) is 8.38. The van der Waals surface area contributed by atoms with Crippen LogP contribution in [0.15, 0.2) is 12.1 Å². The zero-order chi connectivity index (χ0) is 15.6. The number of aryl methyl sites for hydroxylation is 2. The Bertz CT molecular complexity index is 575. The molecule has 1 heteroatoms. The van der Waals surface area contributed by atoms with Gasteiger partial charge in [-0.3, -0.25) is 0 Å². The lowest BCUT2D eigenvalue weighted by molar-refractivity contribution is -0.00507. The lowest BCUT2D eigenvalue weighted by Crippen LogP contribution is -2.68. The van der Waals surface area contributed by atoms with Crippen LogP contribution in [0, 0.1) is 32.1 Å². The number of benzene rings is 1. The van der Waals surface area contributed by atoms with Gasteiger partial charge in [-0.2, -0.15) is 0 Å². The molecule has 0 amide bonds. The molecule has 2 bridgehead atoms. The fourth-order valence-corrected chi connectivity index (χ4v) is 5.15. The topological polar surface area (TPSA) is 3.24 Å². The second kappa shape index (κ2) is 4.51. The Morgan fingerprint density at radius 3 is 2.33 bits per heavy atom. The standard InChI is InChI=1S/C20H31N/c1-13-10-14(2)16(4)18(11-13)21-17(5)20(7)9-8-19(21,6)12-15(20)3/h10-11,15,17H,8-9,12H2,1-7H3/t15?,17-,19?,20?/m0/s1. The molecule has 1 saturated carbocycles. The molecule has 4 atom stereocenters. The molecule has 1 aromatic rings. The first-order valence-electron chi connectivity index (χ1n) is 8.56. The summed E-state index contributed by atoms with van der Waals surface area (Å²) >= 11 is 0. The van der Waals surface area contributed by atoms with Gasteiger partial charge in [0.15, 0.2) is 0 Å². The van der Waals surface area contributed by atoms with Gasteiger partial charge in [-0.15, -0.1) is 0 Å². The summed E-state index contributed by atoms with van der Waals surface area (Å²) in [4.78, 5) is 2.78. The number of piperidine rings is 2. The summed E-state index contributed by atoms with van der Waals surface area (Å²) < 4.78 is 0. The first-order chi connectivity index (χ1) is 9.69. The predicted octanol–water partition coefficient (Wildman–Crippen LogP) is 5.41. The van der Waals surface area contributed by atoms with Crippen LogP contribution >= 0.6 is 0 Å². The van der Waals surface area contributed by atoms with Crippen molar-refractivity contribution >= 4 is 5.69 Å². The number of hydrogen-bond donors (Lipinski definition) is 0. The van der Waals surface area contributed by atoms with Crippen molar-refractivity contribution in [2.45, 2.75) is 79.3 Å². The molecule has 21 heavy (non-hydrogen) atoms. The van der Waals surface area contributed by atoms with E-state index in [0.717, 1.165) is 5.92 Å². The maximum absolute atomic E-state index is 2.78. The molecule has 3 fully saturated rings. The molecule has 2 heterocycles. The minimum Gasteiger partial charge on any atom is -0.363 e. The van der Waals surface area contributed by atoms with E-state index in [1.54, 1.807) is 0 Å². The highest BCUT2D eigenvalue weighted by Gasteiger charge is 2.56. The van der Waals surface area contributed by atoms with E-state index in [4.69, 9.17) is 0 Å². The molecule has 116 valence electrons. The molecule has 1 aromatic carbocycles. The van der Waals surface area contributed by atoms with Crippen molar-refractivity contribution in [2.75, 3.05) is 4.90 Å². The minimum atomic E-state index is 0.335. The minimum absolute atomic E-state index is 0.335. The fraction of sp³-hybridized carbons (Fsp3) is 0.700. The summed E-state index contributed by atoms with van der Waals surface area (Å²) in [5, 5.41) is 0. The average molecular weight is 285 g/mol. The molecular formula is C20H31N. The molecule has 0 aromatic heterocycles. The van der Waals surface area contributed by atoms with E-state index in [2.05, 4.69) is 65.5 Å². The van der Waals surface area contributed by atoms with E-state index in [0.29, 0.717) is 17.0 Å². The molecule has 0 N–H and O–H groups in total. The number of anilines is 1. The van der Waals surface area contributed by atoms with Crippen molar-refractivity contribution in [3.63, 3.8) is 0 Å². The highest BCUT2D eigenvalue weighted by atomic mass is 15.3. The van der Waals surface area contributed by atoms with Crippen molar-refractivity contribution in [3.05, 3.63) is 28.8 Å². The Balaban J connectivity index is 2.15. The molecule has 1 nitrogen and oxygen atoms in total. The maximum Gasteiger partial charge on any atom is 0.0408 e. The van der Waals surface area contributed by atoms with Gasteiger partial charge in [-0.25, -0.2) is 0 Å². The molecule has 2 aliphatic heterocycles. The Kier molecular flexibility index (Phi) is 3.21. The summed E-state index contributed by atoms with van der Waals surface area (Å²) in [5.41, 5.74) is 6.57. The number of hydrogen-bond acceptors (Lipinski definition) is 1. The van der Waals surface area contributed by atoms with Gasteiger partial charge in [0, 0.05) is 17.3 Å². The zero-order valence-corrected chi connectivity index (χ0v) is 14.9. The SMILES string of the molecule is Cc1cc(C)c(C)c(N2[C@@H](C)C3(C)CCC2(C)CC3C)c1. The summed E-state index contributed by atoms with van der Waals surface area (Å²) in [6, 6.07) is 5.36. The van der Waals surface area contributed by atoms with Crippen molar-refractivity contribution < 1.29 is 0 Å². The van der Waals surface area contributed by atoms with Gasteiger partial charge >= 0.3 is 0 Å². The van der Waals surface area contributed by atoms with E-state index < -0.39 is 0 Å². The molecule has 1 aliphatic carbocycles. The van der Waals surface area contributed by atoms with Gasteiger partial charge in [0.25, 0.3) is 0 Å². The van der Waals surface area contributed by atoms with Gasteiger partial charge < -0.3 is 4.90 Å². The molecular weight excluding hydrogens is 254 g/mol. The first kappa shape index (κ1) is 14.9. The Morgan fingerprint density at radius 2 is 1.71 bits per heavy atom. The summed E-state index contributed by atoms with van der Waals surface area (Å²) in [5.74, 6) is 0.828. The average Bonchev–Trinajstić information content (AvgIpc) is 2.38. The second-order valence-corrected chi connectivity index (χ2v) is 8.38. The van der Waals surface area contributed by atoms with Gasteiger partial charge in [-0.05, 0) is 88.0 Å². The third-order valence-electron chi connectivity index (χ3n) is 7.04. The molecule has 3 aliphatic rings. The normalized spacial score (nSPS) is 38.9. The largest absolute Gasteiger partial charge is 0.363 e. The van der Waals surface area contributed by atoms with Gasteiger partial charge in [0.1, 0.15) is 0 Å². The molecule has 2 saturated heterocycles. The van der Waals surface area contributed by atoms with Gasteiger partial charge in [0.2, 0.25) is 0 Å². The van der Waals surface area contributed by atoms with Crippen LogP contribution < -0.4 is 4.90 Å². The molecule has 0 spiro atoms. The van der Waals surface area contributed by atoms with Crippen LogP contribution in [0.25, 0.3) is 0 Å². The van der Waals surface area contributed by atoms with E-state index in [1.165, 1.54) is 41.6 Å². The summed E-state index contributed by atoms with van der Waals surface area (Å²) in [6.07, 6.45) is 4.05. The third kappa shape index (κ3) is 1.96. The van der Waals surface area contributed by atoms with E-state index >= 15 is 0 Å². The first-order valence-corrected chi connectivity index (χ1v) is 8.56. The predicted molar refractivity (Wildman–Crippen MR) is 92.1 cm³/mol. The highest BCUT2D eigenvalue weighted by Crippen LogP contribution is 2.58.